The van der Waals surface area contributed by atoms with E-state index in [-0.39, 0.29) is 0 Å². The molecule has 0 saturated heterocycles. The zero-order valence-corrected chi connectivity index (χ0v) is 20.4. The van der Waals surface area contributed by atoms with Crippen molar-refractivity contribution in [1.82, 2.24) is 4.98 Å². The van der Waals surface area contributed by atoms with Gasteiger partial charge in [0.1, 0.15) is 0 Å². The molecule has 0 aliphatic rings. The molecule has 0 radical (unpaired) electrons. The average molecular weight is 472 g/mol. The predicted molar refractivity (Wildman–Crippen MR) is 160 cm³/mol. The van der Waals surface area contributed by atoms with Gasteiger partial charge in [0.2, 0.25) is 0 Å². The summed E-state index contributed by atoms with van der Waals surface area (Å²) in [5.41, 5.74) is 4.99. The summed E-state index contributed by atoms with van der Waals surface area (Å²) in [5.74, 6) is 0. The van der Waals surface area contributed by atoms with Gasteiger partial charge in [-0.2, -0.15) is 0 Å². The third-order valence-electron chi connectivity index (χ3n) is 7.25. The van der Waals surface area contributed by atoms with Crippen molar-refractivity contribution < 1.29 is 0 Å². The highest BCUT2D eigenvalue weighted by Crippen LogP contribution is 2.41. The van der Waals surface area contributed by atoms with Crippen LogP contribution in [0.3, 0.4) is 0 Å². The fraction of sp³-hybridized carbons (Fsp3) is 0. The lowest BCUT2D eigenvalue weighted by Gasteiger charge is -2.10. The molecule has 0 spiro atoms. The van der Waals surface area contributed by atoms with E-state index in [2.05, 4.69) is 138 Å². The topological polar surface area (TPSA) is 15.8 Å². The lowest BCUT2D eigenvalue weighted by atomic mass is 9.93. The maximum atomic E-state index is 3.68. The Morgan fingerprint density at radius 1 is 0.324 bits per heavy atom. The van der Waals surface area contributed by atoms with E-state index in [4.69, 9.17) is 0 Å². The van der Waals surface area contributed by atoms with Gasteiger partial charge in [0, 0.05) is 27.1 Å². The molecule has 0 atom stereocenters. The van der Waals surface area contributed by atoms with E-state index in [9.17, 15) is 0 Å². The second kappa shape index (κ2) is 8.96. The molecule has 0 fully saturated rings. The third-order valence-corrected chi connectivity index (χ3v) is 7.25. The van der Waals surface area contributed by atoms with E-state index in [1.54, 1.807) is 0 Å². The number of benzene rings is 7. The Hall–Kier alpha value is -4.88. The minimum atomic E-state index is 1.20. The van der Waals surface area contributed by atoms with E-state index >= 15 is 0 Å². The number of rotatable bonds is 1. The van der Waals surface area contributed by atoms with E-state index in [0.29, 0.717) is 0 Å². The van der Waals surface area contributed by atoms with Crippen LogP contribution in [0.2, 0.25) is 0 Å². The highest BCUT2D eigenvalue weighted by atomic mass is 14.7. The Morgan fingerprint density at radius 2 is 0.865 bits per heavy atom. The Bertz CT molecular complexity index is 1980. The zero-order chi connectivity index (χ0) is 24.6. The standard InChI is InChI=1S/C24H15N.C12H10/c1-2-8-16-15(7-1)13-14-18-17-9-3-4-10-19(17)24-23(22(16)18)20-11-5-6-12-21(20)25-24;1-3-7-11(8-4-1)12-9-5-2-6-10-12/h1-14,25H;1-10H. The summed E-state index contributed by atoms with van der Waals surface area (Å²) in [6.07, 6.45) is 0. The molecule has 7 aromatic carbocycles. The Balaban J connectivity index is 0.000000162. The molecule has 0 saturated carbocycles. The van der Waals surface area contributed by atoms with E-state index in [1.807, 2.05) is 12.1 Å². The first-order chi connectivity index (χ1) is 18.4. The molecular weight excluding hydrogens is 446 g/mol. The first-order valence-electron chi connectivity index (χ1n) is 12.7. The lowest BCUT2D eigenvalue weighted by molar-refractivity contribution is 1.56. The van der Waals surface area contributed by atoms with Crippen LogP contribution in [0.15, 0.2) is 146 Å². The molecule has 0 amide bonds. The van der Waals surface area contributed by atoms with E-state index < -0.39 is 0 Å². The van der Waals surface area contributed by atoms with Crippen molar-refractivity contribution in [2.24, 2.45) is 0 Å². The van der Waals surface area contributed by atoms with Gasteiger partial charge in [-0.25, -0.2) is 0 Å². The molecule has 1 aromatic heterocycles. The van der Waals surface area contributed by atoms with Crippen LogP contribution < -0.4 is 0 Å². The second-order valence-electron chi connectivity index (χ2n) is 9.41. The molecule has 174 valence electrons. The number of fused-ring (bicyclic) bond motifs is 10. The zero-order valence-electron chi connectivity index (χ0n) is 20.4. The minimum Gasteiger partial charge on any atom is -0.354 e. The normalized spacial score (nSPS) is 11.2. The van der Waals surface area contributed by atoms with Gasteiger partial charge in [-0.05, 0) is 38.7 Å². The third kappa shape index (κ3) is 3.64. The van der Waals surface area contributed by atoms with E-state index in [0.717, 1.165) is 0 Å². The summed E-state index contributed by atoms with van der Waals surface area (Å²) in [4.78, 5) is 3.68. The van der Waals surface area contributed by atoms with Crippen molar-refractivity contribution in [3.8, 4) is 11.1 Å². The van der Waals surface area contributed by atoms with Gasteiger partial charge in [0.25, 0.3) is 0 Å². The lowest BCUT2D eigenvalue weighted by Crippen LogP contribution is -1.83. The maximum Gasteiger partial charge on any atom is 0.0551 e. The van der Waals surface area contributed by atoms with Crippen molar-refractivity contribution in [3.63, 3.8) is 0 Å². The molecule has 0 unspecified atom stereocenters. The van der Waals surface area contributed by atoms with Gasteiger partial charge in [-0.15, -0.1) is 0 Å². The molecule has 1 heteroatoms. The SMILES string of the molecule is c1ccc(-c2ccccc2)cc1.c1ccc2c(c1)ccc1c3ccccc3c3[nH]c4ccccc4c3c21. The number of aromatic nitrogens is 1. The molecule has 1 N–H and O–H groups in total. The van der Waals surface area contributed by atoms with Crippen molar-refractivity contribution in [3.05, 3.63) is 146 Å². The fourth-order valence-corrected chi connectivity index (χ4v) is 5.57. The summed E-state index contributed by atoms with van der Waals surface area (Å²) in [6.45, 7) is 0. The molecule has 0 bridgehead atoms. The summed E-state index contributed by atoms with van der Waals surface area (Å²) in [6, 6.07) is 51.3. The van der Waals surface area contributed by atoms with Crippen LogP contribution in [-0.2, 0) is 0 Å². The fourth-order valence-electron chi connectivity index (χ4n) is 5.57. The van der Waals surface area contributed by atoms with Crippen LogP contribution in [0, 0.1) is 0 Å². The first-order valence-corrected chi connectivity index (χ1v) is 12.7. The highest BCUT2D eigenvalue weighted by molar-refractivity contribution is 6.36. The summed E-state index contributed by atoms with van der Waals surface area (Å²) in [7, 11) is 0. The first kappa shape index (κ1) is 21.4. The largest absolute Gasteiger partial charge is 0.354 e. The van der Waals surface area contributed by atoms with Crippen LogP contribution in [0.25, 0.3) is 65.3 Å². The predicted octanol–water partition coefficient (Wildman–Crippen LogP) is 10.1. The van der Waals surface area contributed by atoms with Crippen molar-refractivity contribution in [1.29, 1.82) is 0 Å². The number of para-hydroxylation sites is 1. The summed E-state index contributed by atoms with van der Waals surface area (Å²) < 4.78 is 0. The number of H-pyrrole nitrogens is 1. The molecule has 0 aliphatic carbocycles. The van der Waals surface area contributed by atoms with Gasteiger partial charge >= 0.3 is 0 Å². The van der Waals surface area contributed by atoms with Crippen LogP contribution in [0.1, 0.15) is 0 Å². The molecule has 1 heterocycles. The number of hydrogen-bond donors (Lipinski definition) is 1. The maximum absolute atomic E-state index is 3.68. The summed E-state index contributed by atoms with van der Waals surface area (Å²) >= 11 is 0. The molecule has 8 rings (SSSR count). The van der Waals surface area contributed by atoms with Gasteiger partial charge in [0.15, 0.2) is 0 Å². The molecule has 8 aromatic rings. The Labute approximate surface area is 215 Å². The van der Waals surface area contributed by atoms with Crippen molar-refractivity contribution >= 4 is 54.1 Å². The van der Waals surface area contributed by atoms with E-state index in [1.165, 1.54) is 65.3 Å². The Kier molecular flexibility index (Phi) is 5.19. The smallest absolute Gasteiger partial charge is 0.0551 e. The van der Waals surface area contributed by atoms with Gasteiger partial charge < -0.3 is 4.98 Å². The highest BCUT2D eigenvalue weighted by Gasteiger charge is 2.15. The van der Waals surface area contributed by atoms with Crippen LogP contribution >= 0.6 is 0 Å². The summed E-state index contributed by atoms with van der Waals surface area (Å²) in [5, 5.41) is 10.5. The van der Waals surface area contributed by atoms with Crippen molar-refractivity contribution in [2.45, 2.75) is 0 Å². The monoisotopic (exact) mass is 471 g/mol. The van der Waals surface area contributed by atoms with Crippen LogP contribution in [0.4, 0.5) is 0 Å². The number of hydrogen-bond acceptors (Lipinski definition) is 0. The number of aromatic amines is 1. The van der Waals surface area contributed by atoms with Crippen LogP contribution in [-0.4, -0.2) is 4.98 Å². The molecular formula is C36H25N. The molecule has 0 aliphatic heterocycles. The Morgan fingerprint density at radius 3 is 1.57 bits per heavy atom. The average Bonchev–Trinajstić information content (AvgIpc) is 3.38. The van der Waals surface area contributed by atoms with Gasteiger partial charge in [0.05, 0.1) is 5.52 Å². The van der Waals surface area contributed by atoms with Crippen molar-refractivity contribution in [2.75, 3.05) is 0 Å². The molecule has 1 nitrogen and oxygen atoms in total. The van der Waals surface area contributed by atoms with Gasteiger partial charge in [-0.3, -0.25) is 0 Å². The molecule has 37 heavy (non-hydrogen) atoms. The second-order valence-corrected chi connectivity index (χ2v) is 9.41. The number of nitrogens with one attached hydrogen (secondary N) is 1. The minimum absolute atomic E-state index is 1.20. The van der Waals surface area contributed by atoms with Gasteiger partial charge in [-0.1, -0.05) is 140 Å². The quantitative estimate of drug-likeness (QED) is 0.229. The van der Waals surface area contributed by atoms with Crippen LogP contribution in [0.5, 0.6) is 0 Å².